The number of aliphatic hydroxyl groups excluding tert-OH is 1. The minimum absolute atomic E-state index is 0.133. The quantitative estimate of drug-likeness (QED) is 0.290. The first-order chi connectivity index (χ1) is 17.7. The molecule has 10 heteroatoms. The minimum Gasteiger partial charge on any atom is -0.491 e. The predicted molar refractivity (Wildman–Crippen MR) is 133 cm³/mol. The number of carbonyl (C=O) groups is 5. The summed E-state index contributed by atoms with van der Waals surface area (Å²) in [5, 5.41) is 18.1. The standard InChI is InChI=1S/C27H24BrNO8/c28-19-12-20(31)24-18(25(19)34)11-17-15(22(24)13-1-3-14(4-2-13)37-10-9-30)5-6-16-23(17)27(36)29(26(16)35)8-7-21(32)33/h1-5,12,16-17,22-23,30H,6-11H2,(H,32,33). The Kier molecular flexibility index (Phi) is 6.72. The average molecular weight is 570 g/mol. The zero-order chi connectivity index (χ0) is 26.4. The SMILES string of the molecule is O=C(O)CCN1C(=O)C2CC=C3C(c4ccc(OCCO)cc4)C4=C(CC3C2C1=O)C(=O)C(Br)=CC4=O. The number of hydrogen-bond acceptors (Lipinski definition) is 7. The first kappa shape index (κ1) is 25.3. The number of carbonyl (C=O) groups excluding carboxylic acids is 4. The number of rotatable bonds is 7. The minimum atomic E-state index is -1.10. The molecule has 4 atom stereocenters. The molecule has 1 aromatic carbocycles. The number of likely N-dealkylation sites (tertiary alicyclic amines) is 1. The van der Waals surface area contributed by atoms with Crippen LogP contribution < -0.4 is 4.74 Å². The third-order valence-electron chi connectivity index (χ3n) is 7.55. The molecule has 2 amide bonds. The van der Waals surface area contributed by atoms with Gasteiger partial charge >= 0.3 is 5.97 Å². The number of benzene rings is 1. The molecule has 2 N–H and O–H groups in total. The fraction of sp³-hybridized carbons (Fsp3) is 0.370. The molecule has 1 fully saturated rings. The predicted octanol–water partition coefficient (Wildman–Crippen LogP) is 2.29. The number of fused-ring (bicyclic) bond motifs is 3. The Morgan fingerprint density at radius 1 is 1.08 bits per heavy atom. The zero-order valence-electron chi connectivity index (χ0n) is 19.7. The highest BCUT2D eigenvalue weighted by Gasteiger charge is 2.56. The largest absolute Gasteiger partial charge is 0.491 e. The van der Waals surface area contributed by atoms with Crippen molar-refractivity contribution in [2.75, 3.05) is 19.8 Å². The van der Waals surface area contributed by atoms with Gasteiger partial charge in [-0.15, -0.1) is 0 Å². The van der Waals surface area contributed by atoms with E-state index in [1.807, 2.05) is 6.08 Å². The Hall–Kier alpha value is -3.37. The lowest BCUT2D eigenvalue weighted by molar-refractivity contribution is -0.142. The van der Waals surface area contributed by atoms with Crippen LogP contribution in [0.3, 0.4) is 0 Å². The van der Waals surface area contributed by atoms with Crippen molar-refractivity contribution in [2.24, 2.45) is 17.8 Å². The van der Waals surface area contributed by atoms with Crippen LogP contribution in [0.4, 0.5) is 0 Å². The summed E-state index contributed by atoms with van der Waals surface area (Å²) >= 11 is 3.20. The summed E-state index contributed by atoms with van der Waals surface area (Å²) < 4.78 is 5.61. The van der Waals surface area contributed by atoms with Crippen LogP contribution in [0.15, 0.2) is 57.6 Å². The van der Waals surface area contributed by atoms with Crippen LogP contribution in [-0.2, 0) is 24.0 Å². The number of carboxylic acids is 1. The van der Waals surface area contributed by atoms with Crippen molar-refractivity contribution in [3.05, 3.63) is 63.2 Å². The number of aliphatic hydroxyl groups is 1. The molecule has 3 aliphatic carbocycles. The molecular formula is C27H24BrNO8. The van der Waals surface area contributed by atoms with Crippen LogP contribution in [0, 0.1) is 17.8 Å². The summed E-state index contributed by atoms with van der Waals surface area (Å²) in [4.78, 5) is 65.0. The molecule has 0 aromatic heterocycles. The Morgan fingerprint density at radius 2 is 1.81 bits per heavy atom. The molecule has 1 aromatic rings. The molecule has 0 radical (unpaired) electrons. The highest BCUT2D eigenvalue weighted by atomic mass is 79.9. The lowest BCUT2D eigenvalue weighted by Crippen LogP contribution is -2.39. The van der Waals surface area contributed by atoms with Gasteiger partial charge < -0.3 is 14.9 Å². The number of hydrogen-bond donors (Lipinski definition) is 2. The summed E-state index contributed by atoms with van der Waals surface area (Å²) in [6.07, 6.45) is 3.29. The number of Topliss-reactive ketones (excluding diaryl/α,β-unsaturated/α-hetero) is 1. The monoisotopic (exact) mass is 569 g/mol. The van der Waals surface area contributed by atoms with Gasteiger partial charge in [0.1, 0.15) is 12.4 Å². The lowest BCUT2D eigenvalue weighted by atomic mass is 9.59. The van der Waals surface area contributed by atoms with E-state index in [1.165, 1.54) is 6.08 Å². The van der Waals surface area contributed by atoms with Gasteiger partial charge in [-0.3, -0.25) is 28.9 Å². The average Bonchev–Trinajstić information content (AvgIpc) is 3.13. The van der Waals surface area contributed by atoms with Crippen molar-refractivity contribution in [3.63, 3.8) is 0 Å². The van der Waals surface area contributed by atoms with Gasteiger partial charge in [-0.2, -0.15) is 0 Å². The molecule has 4 unspecified atom stereocenters. The van der Waals surface area contributed by atoms with E-state index in [0.29, 0.717) is 23.3 Å². The highest BCUT2D eigenvalue weighted by Crippen LogP contribution is 2.55. The van der Waals surface area contributed by atoms with Crippen molar-refractivity contribution < 1.29 is 38.9 Å². The first-order valence-electron chi connectivity index (χ1n) is 12.0. The smallest absolute Gasteiger partial charge is 0.305 e. The maximum absolute atomic E-state index is 13.4. The van der Waals surface area contributed by atoms with Gasteiger partial charge in [0.2, 0.25) is 11.8 Å². The Labute approximate surface area is 220 Å². The second-order valence-electron chi connectivity index (χ2n) is 9.51. The maximum atomic E-state index is 13.4. The molecule has 37 heavy (non-hydrogen) atoms. The molecule has 0 spiro atoms. The number of ether oxygens (including phenoxy) is 1. The molecule has 0 saturated carbocycles. The topological polar surface area (TPSA) is 138 Å². The Morgan fingerprint density at radius 3 is 2.49 bits per heavy atom. The van der Waals surface area contributed by atoms with Crippen LogP contribution in [0.25, 0.3) is 0 Å². The molecule has 1 saturated heterocycles. The van der Waals surface area contributed by atoms with Crippen molar-refractivity contribution in [3.8, 4) is 5.75 Å². The summed E-state index contributed by atoms with van der Waals surface area (Å²) in [6, 6.07) is 7.03. The number of allylic oxidation sites excluding steroid dienone is 6. The van der Waals surface area contributed by atoms with Crippen LogP contribution in [0.1, 0.15) is 30.7 Å². The van der Waals surface area contributed by atoms with Crippen molar-refractivity contribution in [2.45, 2.75) is 25.2 Å². The summed E-state index contributed by atoms with van der Waals surface area (Å²) in [6.45, 7) is -0.194. The molecule has 192 valence electrons. The fourth-order valence-electron chi connectivity index (χ4n) is 6.00. The number of nitrogens with zero attached hydrogens (tertiary/aromatic N) is 1. The van der Waals surface area contributed by atoms with E-state index in [1.54, 1.807) is 24.3 Å². The Balaban J connectivity index is 1.57. The van der Waals surface area contributed by atoms with Crippen LogP contribution in [-0.4, -0.2) is 64.2 Å². The first-order valence-corrected chi connectivity index (χ1v) is 12.8. The van der Waals surface area contributed by atoms with E-state index < -0.39 is 35.5 Å². The third-order valence-corrected chi connectivity index (χ3v) is 8.13. The molecule has 0 bridgehead atoms. The van der Waals surface area contributed by atoms with Gasteiger partial charge in [-0.25, -0.2) is 0 Å². The van der Waals surface area contributed by atoms with Crippen LogP contribution in [0.2, 0.25) is 0 Å². The second kappa shape index (κ2) is 9.83. The fourth-order valence-corrected chi connectivity index (χ4v) is 6.45. The molecule has 5 rings (SSSR count). The van der Waals surface area contributed by atoms with Gasteiger partial charge in [-0.1, -0.05) is 23.8 Å². The summed E-state index contributed by atoms with van der Waals surface area (Å²) in [5.41, 5.74) is 2.26. The van der Waals surface area contributed by atoms with Crippen molar-refractivity contribution >= 4 is 45.3 Å². The summed E-state index contributed by atoms with van der Waals surface area (Å²) in [5.74, 6) is -4.38. The molecule has 1 aliphatic heterocycles. The second-order valence-corrected chi connectivity index (χ2v) is 10.4. The Bertz CT molecular complexity index is 1310. The molecule has 4 aliphatic rings. The normalized spacial score (nSPS) is 26.9. The van der Waals surface area contributed by atoms with Gasteiger partial charge in [-0.05, 0) is 52.4 Å². The van der Waals surface area contributed by atoms with E-state index >= 15 is 0 Å². The van der Waals surface area contributed by atoms with E-state index in [4.69, 9.17) is 14.9 Å². The van der Waals surface area contributed by atoms with Crippen LogP contribution >= 0.6 is 15.9 Å². The lowest BCUT2D eigenvalue weighted by Gasteiger charge is -2.42. The number of ketones is 2. The molecular weight excluding hydrogens is 546 g/mol. The number of halogens is 1. The van der Waals surface area contributed by atoms with Gasteiger partial charge in [0.15, 0.2) is 11.6 Å². The van der Waals surface area contributed by atoms with E-state index in [9.17, 15) is 24.0 Å². The van der Waals surface area contributed by atoms with Gasteiger partial charge in [0.05, 0.1) is 29.3 Å². The van der Waals surface area contributed by atoms with Gasteiger partial charge in [0, 0.05) is 29.7 Å². The highest BCUT2D eigenvalue weighted by molar-refractivity contribution is 9.12. The van der Waals surface area contributed by atoms with E-state index in [2.05, 4.69) is 15.9 Å². The number of aliphatic carboxylic acids is 1. The van der Waals surface area contributed by atoms with Crippen molar-refractivity contribution in [1.29, 1.82) is 0 Å². The molecule has 9 nitrogen and oxygen atoms in total. The molecule has 1 heterocycles. The van der Waals surface area contributed by atoms with E-state index in [0.717, 1.165) is 16.0 Å². The third kappa shape index (κ3) is 4.27. The van der Waals surface area contributed by atoms with Crippen LogP contribution in [0.5, 0.6) is 5.75 Å². The van der Waals surface area contributed by atoms with E-state index in [-0.39, 0.29) is 54.6 Å². The zero-order valence-corrected chi connectivity index (χ0v) is 21.3. The van der Waals surface area contributed by atoms with Gasteiger partial charge in [0.25, 0.3) is 0 Å². The summed E-state index contributed by atoms with van der Waals surface area (Å²) in [7, 11) is 0. The number of amides is 2. The number of imide groups is 1. The maximum Gasteiger partial charge on any atom is 0.305 e. The van der Waals surface area contributed by atoms with Crippen molar-refractivity contribution in [1.82, 2.24) is 4.90 Å². The number of carboxylic acid groups (broad SMARTS) is 1.